The lowest BCUT2D eigenvalue weighted by atomic mass is 10.1. The molecule has 96 valence electrons. The third kappa shape index (κ3) is 3.33. The van der Waals surface area contributed by atoms with Gasteiger partial charge < -0.3 is 15.2 Å². The van der Waals surface area contributed by atoms with Crippen molar-refractivity contribution in [2.45, 2.75) is 12.5 Å². The van der Waals surface area contributed by atoms with Crippen LogP contribution in [0.25, 0.3) is 0 Å². The number of nitro groups is 1. The van der Waals surface area contributed by atoms with Gasteiger partial charge >= 0.3 is 5.69 Å². The Morgan fingerprint density at radius 1 is 1.61 bits per heavy atom. The molecule has 0 saturated heterocycles. The van der Waals surface area contributed by atoms with Crippen LogP contribution in [0.3, 0.4) is 0 Å². The first kappa shape index (κ1) is 13.7. The van der Waals surface area contributed by atoms with Gasteiger partial charge in [0.1, 0.15) is 17.9 Å². The van der Waals surface area contributed by atoms with Crippen LogP contribution >= 0.6 is 0 Å². The van der Waals surface area contributed by atoms with Gasteiger partial charge in [0, 0.05) is 12.1 Å². The predicted molar refractivity (Wildman–Crippen MR) is 63.3 cm³/mol. The standard InChI is InChI=1S/C11H13N3O4/c1-11(13,6-12)7-18-10-5-8(17-2)3-4-9(10)14(15)16/h3-5H,7,13H2,1-2H3. The average Bonchev–Trinajstić information content (AvgIpc) is 2.36. The minimum Gasteiger partial charge on any atom is -0.497 e. The smallest absolute Gasteiger partial charge is 0.311 e. The summed E-state index contributed by atoms with van der Waals surface area (Å²) >= 11 is 0. The van der Waals surface area contributed by atoms with E-state index >= 15 is 0 Å². The lowest BCUT2D eigenvalue weighted by Gasteiger charge is -2.16. The number of methoxy groups -OCH3 is 1. The molecule has 0 aliphatic carbocycles. The van der Waals surface area contributed by atoms with Crippen molar-refractivity contribution in [2.75, 3.05) is 13.7 Å². The molecule has 0 aliphatic heterocycles. The minimum absolute atomic E-state index is 0.0197. The van der Waals surface area contributed by atoms with Crippen LogP contribution in [0.15, 0.2) is 18.2 Å². The Kier molecular flexibility index (Phi) is 4.07. The monoisotopic (exact) mass is 251 g/mol. The number of ether oxygens (including phenoxy) is 2. The van der Waals surface area contributed by atoms with E-state index in [1.807, 2.05) is 6.07 Å². The normalized spacial score (nSPS) is 13.2. The highest BCUT2D eigenvalue weighted by molar-refractivity contribution is 5.50. The number of nitriles is 1. The Bertz CT molecular complexity index is 494. The summed E-state index contributed by atoms with van der Waals surface area (Å²) in [5.41, 5.74) is 4.16. The maximum atomic E-state index is 10.8. The summed E-state index contributed by atoms with van der Waals surface area (Å²) in [7, 11) is 1.44. The number of hydrogen-bond acceptors (Lipinski definition) is 6. The zero-order valence-electron chi connectivity index (χ0n) is 10.0. The van der Waals surface area contributed by atoms with Gasteiger partial charge in [-0.25, -0.2) is 0 Å². The molecule has 0 bridgehead atoms. The van der Waals surface area contributed by atoms with E-state index in [1.165, 1.54) is 32.2 Å². The van der Waals surface area contributed by atoms with Gasteiger partial charge in [-0.2, -0.15) is 5.26 Å². The molecule has 1 aromatic rings. The van der Waals surface area contributed by atoms with Gasteiger partial charge in [-0.05, 0) is 13.0 Å². The molecule has 18 heavy (non-hydrogen) atoms. The van der Waals surface area contributed by atoms with E-state index in [0.29, 0.717) is 5.75 Å². The SMILES string of the molecule is COc1ccc([N+](=O)[O-])c(OCC(C)(N)C#N)c1. The van der Waals surface area contributed by atoms with Crippen LogP contribution in [0.5, 0.6) is 11.5 Å². The predicted octanol–water partition coefficient (Wildman–Crippen LogP) is 1.22. The highest BCUT2D eigenvalue weighted by Gasteiger charge is 2.22. The molecule has 1 atom stereocenters. The van der Waals surface area contributed by atoms with Gasteiger partial charge in [-0.3, -0.25) is 10.1 Å². The Morgan fingerprint density at radius 3 is 2.78 bits per heavy atom. The van der Waals surface area contributed by atoms with Crippen LogP contribution in [0, 0.1) is 21.4 Å². The van der Waals surface area contributed by atoms with E-state index < -0.39 is 10.5 Å². The summed E-state index contributed by atoms with van der Waals surface area (Å²) in [5, 5.41) is 19.5. The molecule has 0 amide bonds. The molecule has 7 nitrogen and oxygen atoms in total. The van der Waals surface area contributed by atoms with Gasteiger partial charge in [0.25, 0.3) is 0 Å². The molecular weight excluding hydrogens is 238 g/mol. The Balaban J connectivity index is 2.99. The van der Waals surface area contributed by atoms with Crippen LogP contribution in [0.4, 0.5) is 5.69 Å². The lowest BCUT2D eigenvalue weighted by molar-refractivity contribution is -0.385. The van der Waals surface area contributed by atoms with E-state index in [9.17, 15) is 10.1 Å². The summed E-state index contributed by atoms with van der Waals surface area (Å²) in [6, 6.07) is 5.95. The number of hydrogen-bond donors (Lipinski definition) is 1. The van der Waals surface area contributed by atoms with Crippen molar-refractivity contribution in [1.29, 1.82) is 5.26 Å². The van der Waals surface area contributed by atoms with E-state index in [0.717, 1.165) is 0 Å². The summed E-state index contributed by atoms with van der Waals surface area (Å²) in [6.07, 6.45) is 0. The summed E-state index contributed by atoms with van der Waals surface area (Å²) in [6.45, 7) is 1.32. The third-order valence-electron chi connectivity index (χ3n) is 2.15. The second-order valence-corrected chi connectivity index (χ2v) is 3.91. The first-order chi connectivity index (χ1) is 8.39. The fourth-order valence-corrected chi connectivity index (χ4v) is 1.15. The largest absolute Gasteiger partial charge is 0.497 e. The zero-order chi connectivity index (χ0) is 13.8. The lowest BCUT2D eigenvalue weighted by Crippen LogP contribution is -2.40. The zero-order valence-corrected chi connectivity index (χ0v) is 10.0. The highest BCUT2D eigenvalue weighted by Crippen LogP contribution is 2.31. The van der Waals surface area contributed by atoms with Crippen molar-refractivity contribution in [1.82, 2.24) is 0 Å². The molecule has 7 heteroatoms. The van der Waals surface area contributed by atoms with Crippen LogP contribution in [0.1, 0.15) is 6.92 Å². The third-order valence-corrected chi connectivity index (χ3v) is 2.15. The van der Waals surface area contributed by atoms with E-state index in [2.05, 4.69) is 0 Å². The number of nitrogens with zero attached hydrogens (tertiary/aromatic N) is 2. The molecule has 0 heterocycles. The molecule has 1 rings (SSSR count). The van der Waals surface area contributed by atoms with Crippen LogP contribution in [0.2, 0.25) is 0 Å². The van der Waals surface area contributed by atoms with Crippen LogP contribution in [-0.4, -0.2) is 24.2 Å². The van der Waals surface area contributed by atoms with Gasteiger partial charge in [-0.1, -0.05) is 0 Å². The van der Waals surface area contributed by atoms with E-state index in [-0.39, 0.29) is 18.0 Å². The summed E-state index contributed by atoms with van der Waals surface area (Å²) in [5.74, 6) is 0.442. The van der Waals surface area contributed by atoms with Crippen LogP contribution < -0.4 is 15.2 Å². The van der Waals surface area contributed by atoms with E-state index in [4.69, 9.17) is 20.5 Å². The molecule has 0 fully saturated rings. The molecule has 1 unspecified atom stereocenters. The molecule has 0 aromatic heterocycles. The first-order valence-electron chi connectivity index (χ1n) is 5.05. The Morgan fingerprint density at radius 2 is 2.28 bits per heavy atom. The van der Waals surface area contributed by atoms with Crippen molar-refractivity contribution >= 4 is 5.69 Å². The van der Waals surface area contributed by atoms with Crippen molar-refractivity contribution in [2.24, 2.45) is 5.73 Å². The van der Waals surface area contributed by atoms with E-state index in [1.54, 1.807) is 0 Å². The molecule has 2 N–H and O–H groups in total. The molecule has 1 aromatic carbocycles. The number of benzene rings is 1. The fraction of sp³-hybridized carbons (Fsp3) is 0.364. The minimum atomic E-state index is -1.21. The highest BCUT2D eigenvalue weighted by atomic mass is 16.6. The maximum Gasteiger partial charge on any atom is 0.311 e. The Labute approximate surface area is 104 Å². The van der Waals surface area contributed by atoms with Gasteiger partial charge in [0.05, 0.1) is 18.1 Å². The van der Waals surface area contributed by atoms with Crippen molar-refractivity contribution in [3.63, 3.8) is 0 Å². The second kappa shape index (κ2) is 5.33. The first-order valence-corrected chi connectivity index (χ1v) is 5.05. The summed E-state index contributed by atoms with van der Waals surface area (Å²) < 4.78 is 10.2. The fourth-order valence-electron chi connectivity index (χ4n) is 1.15. The quantitative estimate of drug-likeness (QED) is 0.622. The Hall–Kier alpha value is -2.33. The second-order valence-electron chi connectivity index (χ2n) is 3.91. The van der Waals surface area contributed by atoms with Gasteiger partial charge in [-0.15, -0.1) is 0 Å². The average molecular weight is 251 g/mol. The molecular formula is C11H13N3O4. The molecule has 0 aliphatic rings. The van der Waals surface area contributed by atoms with Crippen molar-refractivity contribution < 1.29 is 14.4 Å². The van der Waals surface area contributed by atoms with Crippen molar-refractivity contribution in [3.05, 3.63) is 28.3 Å². The topological polar surface area (TPSA) is 111 Å². The molecule has 0 spiro atoms. The van der Waals surface area contributed by atoms with Crippen molar-refractivity contribution in [3.8, 4) is 17.6 Å². The maximum absolute atomic E-state index is 10.8. The molecule has 0 radical (unpaired) electrons. The number of rotatable bonds is 5. The number of nitro benzene ring substituents is 1. The summed E-state index contributed by atoms with van der Waals surface area (Å²) in [4.78, 5) is 10.2. The number of nitrogens with two attached hydrogens (primary N) is 1. The van der Waals surface area contributed by atoms with Gasteiger partial charge in [0.2, 0.25) is 5.75 Å². The van der Waals surface area contributed by atoms with Gasteiger partial charge in [0.15, 0.2) is 0 Å². The molecule has 0 saturated carbocycles. The van der Waals surface area contributed by atoms with Crippen LogP contribution in [-0.2, 0) is 0 Å².